The zero-order valence-electron chi connectivity index (χ0n) is 13.0. The number of hydrogen-bond donors (Lipinski definition) is 1. The third-order valence-corrected chi connectivity index (χ3v) is 3.06. The predicted octanol–water partition coefficient (Wildman–Crippen LogP) is 3.70. The maximum atomic E-state index is 9.68. The van der Waals surface area contributed by atoms with Crippen molar-refractivity contribution in [2.45, 2.75) is 70.5 Å². The molecular weight excluding hydrogens is 248 g/mol. The molecule has 0 aromatic carbocycles. The van der Waals surface area contributed by atoms with Crippen LogP contribution in [0.1, 0.15) is 58.3 Å². The SMILES string of the molecule is C=C[C@@H](C#CC#C[C@H](O)CCCCCCCCC)OC. The van der Waals surface area contributed by atoms with E-state index < -0.39 is 6.10 Å². The molecule has 0 amide bonds. The number of methoxy groups -OCH3 is 1. The molecule has 0 aromatic rings. The van der Waals surface area contributed by atoms with E-state index in [2.05, 4.69) is 37.2 Å². The Kier molecular flexibility index (Phi) is 13.3. The Morgan fingerprint density at radius 2 is 1.65 bits per heavy atom. The van der Waals surface area contributed by atoms with Crippen LogP contribution in [0.4, 0.5) is 0 Å². The minimum absolute atomic E-state index is 0.287. The van der Waals surface area contributed by atoms with E-state index in [0.717, 1.165) is 12.8 Å². The molecule has 0 rings (SSSR count). The second-order valence-electron chi connectivity index (χ2n) is 4.86. The van der Waals surface area contributed by atoms with E-state index in [-0.39, 0.29) is 6.10 Å². The average molecular weight is 276 g/mol. The van der Waals surface area contributed by atoms with Gasteiger partial charge in [0.05, 0.1) is 0 Å². The molecule has 0 unspecified atom stereocenters. The van der Waals surface area contributed by atoms with E-state index in [1.165, 1.54) is 38.5 Å². The molecule has 0 saturated carbocycles. The highest BCUT2D eigenvalue weighted by molar-refractivity contribution is 5.29. The van der Waals surface area contributed by atoms with Gasteiger partial charge in [-0.05, 0) is 24.7 Å². The summed E-state index contributed by atoms with van der Waals surface area (Å²) >= 11 is 0. The molecule has 0 aliphatic rings. The molecule has 0 spiro atoms. The minimum Gasteiger partial charge on any atom is -0.380 e. The zero-order valence-corrected chi connectivity index (χ0v) is 13.0. The van der Waals surface area contributed by atoms with Crippen LogP contribution in [0.15, 0.2) is 12.7 Å². The van der Waals surface area contributed by atoms with Crippen LogP contribution in [0.3, 0.4) is 0 Å². The van der Waals surface area contributed by atoms with Crippen molar-refractivity contribution in [3.63, 3.8) is 0 Å². The third-order valence-electron chi connectivity index (χ3n) is 3.06. The number of aliphatic hydroxyl groups is 1. The zero-order chi connectivity index (χ0) is 15.1. The van der Waals surface area contributed by atoms with Crippen LogP contribution >= 0.6 is 0 Å². The first-order chi connectivity index (χ1) is 9.74. The standard InChI is InChI=1S/C18H28O2/c1-4-6-7-8-9-10-11-14-17(19)15-12-13-16-18(5-2)20-3/h5,17-19H,2,4,6-11,14H2,1,3H3/t17-,18+/m1/s1. The largest absolute Gasteiger partial charge is 0.380 e. The summed E-state index contributed by atoms with van der Waals surface area (Å²) in [6.07, 6.45) is 10.2. The lowest BCUT2D eigenvalue weighted by molar-refractivity contribution is 0.185. The molecule has 0 aliphatic heterocycles. The van der Waals surface area contributed by atoms with E-state index >= 15 is 0 Å². The molecule has 0 heterocycles. The maximum absolute atomic E-state index is 9.68. The lowest BCUT2D eigenvalue weighted by atomic mass is 10.1. The van der Waals surface area contributed by atoms with E-state index in [9.17, 15) is 5.11 Å². The Morgan fingerprint density at radius 1 is 1.05 bits per heavy atom. The quantitative estimate of drug-likeness (QED) is 0.374. The molecule has 0 fully saturated rings. The normalized spacial score (nSPS) is 12.6. The highest BCUT2D eigenvalue weighted by Gasteiger charge is 1.98. The smallest absolute Gasteiger partial charge is 0.136 e. The molecule has 0 aliphatic carbocycles. The average Bonchev–Trinajstić information content (AvgIpc) is 2.46. The minimum atomic E-state index is -0.565. The Labute approximate surface area is 124 Å². The Morgan fingerprint density at radius 3 is 2.25 bits per heavy atom. The van der Waals surface area contributed by atoms with Gasteiger partial charge in [-0.2, -0.15) is 0 Å². The van der Waals surface area contributed by atoms with E-state index in [4.69, 9.17) is 4.74 Å². The Hall–Kier alpha value is -1.22. The number of ether oxygens (including phenoxy) is 1. The molecule has 0 radical (unpaired) electrons. The van der Waals surface area contributed by atoms with Crippen molar-refractivity contribution in [3.8, 4) is 23.7 Å². The van der Waals surface area contributed by atoms with Crippen LogP contribution in [0.5, 0.6) is 0 Å². The molecule has 2 heteroatoms. The van der Waals surface area contributed by atoms with Gasteiger partial charge in [-0.25, -0.2) is 0 Å². The fraction of sp³-hybridized carbons (Fsp3) is 0.667. The molecule has 0 saturated heterocycles. The fourth-order valence-corrected chi connectivity index (χ4v) is 1.81. The lowest BCUT2D eigenvalue weighted by Crippen LogP contribution is -2.02. The van der Waals surface area contributed by atoms with Crippen molar-refractivity contribution in [1.82, 2.24) is 0 Å². The van der Waals surface area contributed by atoms with Crippen LogP contribution in [0.25, 0.3) is 0 Å². The first-order valence-electron chi connectivity index (χ1n) is 7.59. The molecule has 2 nitrogen and oxygen atoms in total. The van der Waals surface area contributed by atoms with Gasteiger partial charge in [-0.3, -0.25) is 0 Å². The summed E-state index contributed by atoms with van der Waals surface area (Å²) in [6, 6.07) is 0. The van der Waals surface area contributed by atoms with Gasteiger partial charge in [0.1, 0.15) is 12.2 Å². The summed E-state index contributed by atoms with van der Waals surface area (Å²) in [5, 5.41) is 9.68. The van der Waals surface area contributed by atoms with Gasteiger partial charge in [-0.15, -0.1) is 0 Å². The molecule has 0 aromatic heterocycles. The van der Waals surface area contributed by atoms with Crippen molar-refractivity contribution in [2.24, 2.45) is 0 Å². The number of rotatable bonds is 10. The van der Waals surface area contributed by atoms with Crippen molar-refractivity contribution < 1.29 is 9.84 Å². The number of aliphatic hydroxyl groups excluding tert-OH is 1. The van der Waals surface area contributed by atoms with Gasteiger partial charge < -0.3 is 9.84 Å². The summed E-state index contributed by atoms with van der Waals surface area (Å²) in [4.78, 5) is 0. The van der Waals surface area contributed by atoms with Crippen LogP contribution in [-0.2, 0) is 4.74 Å². The van der Waals surface area contributed by atoms with Crippen LogP contribution in [0.2, 0.25) is 0 Å². The van der Waals surface area contributed by atoms with Gasteiger partial charge in [0, 0.05) is 7.11 Å². The van der Waals surface area contributed by atoms with Crippen LogP contribution in [0, 0.1) is 23.7 Å². The lowest BCUT2D eigenvalue weighted by Gasteiger charge is -2.03. The van der Waals surface area contributed by atoms with E-state index in [1.54, 1.807) is 13.2 Å². The maximum Gasteiger partial charge on any atom is 0.136 e. The highest BCUT2D eigenvalue weighted by Crippen LogP contribution is 2.09. The molecule has 1 N–H and O–H groups in total. The fourth-order valence-electron chi connectivity index (χ4n) is 1.81. The van der Waals surface area contributed by atoms with Crippen molar-refractivity contribution in [1.29, 1.82) is 0 Å². The summed E-state index contributed by atoms with van der Waals surface area (Å²) in [7, 11) is 1.57. The third kappa shape index (κ3) is 11.8. The summed E-state index contributed by atoms with van der Waals surface area (Å²) in [6.45, 7) is 5.82. The predicted molar refractivity (Wildman–Crippen MR) is 85.2 cm³/mol. The second kappa shape index (κ2) is 14.2. The Balaban J connectivity index is 3.68. The van der Waals surface area contributed by atoms with Crippen molar-refractivity contribution in [3.05, 3.63) is 12.7 Å². The summed E-state index contributed by atoms with van der Waals surface area (Å²) in [5.74, 6) is 10.9. The molecule has 112 valence electrons. The van der Waals surface area contributed by atoms with E-state index in [0.29, 0.717) is 0 Å². The van der Waals surface area contributed by atoms with Crippen LogP contribution in [-0.4, -0.2) is 24.4 Å². The first kappa shape index (κ1) is 18.8. The summed E-state index contributed by atoms with van der Waals surface area (Å²) in [5.41, 5.74) is 0. The van der Waals surface area contributed by atoms with Gasteiger partial charge in [0.25, 0.3) is 0 Å². The van der Waals surface area contributed by atoms with Gasteiger partial charge >= 0.3 is 0 Å². The molecular formula is C18H28O2. The first-order valence-corrected chi connectivity index (χ1v) is 7.59. The van der Waals surface area contributed by atoms with Crippen LogP contribution < -0.4 is 0 Å². The van der Waals surface area contributed by atoms with E-state index in [1.807, 2.05) is 0 Å². The Bertz CT molecular complexity index is 351. The number of unbranched alkanes of at least 4 members (excludes halogenated alkanes) is 6. The molecule has 20 heavy (non-hydrogen) atoms. The van der Waals surface area contributed by atoms with Gasteiger partial charge in [-0.1, -0.05) is 69.9 Å². The monoisotopic (exact) mass is 276 g/mol. The highest BCUT2D eigenvalue weighted by atomic mass is 16.5. The molecule has 0 bridgehead atoms. The second-order valence-corrected chi connectivity index (χ2v) is 4.86. The van der Waals surface area contributed by atoms with Gasteiger partial charge in [0.15, 0.2) is 0 Å². The topological polar surface area (TPSA) is 29.5 Å². The molecule has 2 atom stereocenters. The summed E-state index contributed by atoms with van der Waals surface area (Å²) < 4.78 is 5.00. The number of hydrogen-bond acceptors (Lipinski definition) is 2. The van der Waals surface area contributed by atoms with Crippen molar-refractivity contribution >= 4 is 0 Å². The van der Waals surface area contributed by atoms with Crippen molar-refractivity contribution in [2.75, 3.05) is 7.11 Å². The van der Waals surface area contributed by atoms with Gasteiger partial charge in [0.2, 0.25) is 0 Å².